The topological polar surface area (TPSA) is 69.4 Å². The Bertz CT molecular complexity index is 468. The second-order valence-electron chi connectivity index (χ2n) is 3.37. The molecule has 0 aliphatic rings. The van der Waals surface area contributed by atoms with E-state index in [4.69, 9.17) is 0 Å². The molecule has 0 saturated heterocycles. The van der Waals surface area contributed by atoms with Crippen LogP contribution in [0.25, 0.3) is 0 Å². The average Bonchev–Trinajstić information content (AvgIpc) is 2.25. The van der Waals surface area contributed by atoms with Crippen molar-refractivity contribution in [1.29, 1.82) is 0 Å². The molecule has 0 spiro atoms. The average molecular weight is 245 g/mol. The van der Waals surface area contributed by atoms with Crippen LogP contribution in [0.15, 0.2) is 18.2 Å². The number of nitro groups is 1. The molecule has 0 aliphatic carbocycles. The molecule has 0 unspecified atom stereocenters. The largest absolute Gasteiger partial charge is 0.465 e. The summed E-state index contributed by atoms with van der Waals surface area (Å²) < 4.78 is 30.3. The molecule has 0 fully saturated rings. The van der Waals surface area contributed by atoms with E-state index >= 15 is 0 Å². The molecule has 0 saturated carbocycles. The summed E-state index contributed by atoms with van der Waals surface area (Å²) in [5.74, 6) is -4.15. The lowest BCUT2D eigenvalue weighted by atomic mass is 10.1. The summed E-state index contributed by atoms with van der Waals surface area (Å²) in [5, 5.41) is 10.7. The molecule has 5 nitrogen and oxygen atoms in total. The fourth-order valence-electron chi connectivity index (χ4n) is 1.24. The van der Waals surface area contributed by atoms with Crippen molar-refractivity contribution < 1.29 is 23.2 Å². The Morgan fingerprint density at radius 2 is 2.06 bits per heavy atom. The van der Waals surface area contributed by atoms with Gasteiger partial charge in [-0.25, -0.2) is 13.6 Å². The van der Waals surface area contributed by atoms with Crippen LogP contribution in [0.3, 0.4) is 0 Å². The van der Waals surface area contributed by atoms with Gasteiger partial charge in [0.05, 0.1) is 12.0 Å². The molecule has 0 amide bonds. The zero-order chi connectivity index (χ0) is 13.2. The lowest BCUT2D eigenvalue weighted by Gasteiger charge is -2.10. The van der Waals surface area contributed by atoms with E-state index in [1.165, 1.54) is 0 Å². The van der Waals surface area contributed by atoms with Gasteiger partial charge in [0.15, 0.2) is 0 Å². The molecule has 0 N–H and O–H groups in total. The smallest absolute Gasteiger partial charge is 0.344 e. The fourth-order valence-corrected chi connectivity index (χ4v) is 1.24. The van der Waals surface area contributed by atoms with E-state index in [9.17, 15) is 23.7 Å². The third-order valence-electron chi connectivity index (χ3n) is 2.11. The van der Waals surface area contributed by atoms with Gasteiger partial charge in [-0.15, -0.1) is 0 Å². The summed E-state index contributed by atoms with van der Waals surface area (Å²) in [6.45, 7) is 0.615. The molecule has 0 aromatic heterocycles. The maximum absolute atomic E-state index is 13.0. The lowest BCUT2D eigenvalue weighted by molar-refractivity contribution is -0.385. The third-order valence-corrected chi connectivity index (χ3v) is 2.11. The van der Waals surface area contributed by atoms with Crippen molar-refractivity contribution in [1.82, 2.24) is 0 Å². The first-order valence-electron chi connectivity index (χ1n) is 4.52. The first-order valence-corrected chi connectivity index (χ1v) is 4.52. The maximum Gasteiger partial charge on any atom is 0.344 e. The van der Waals surface area contributed by atoms with E-state index in [-0.39, 0.29) is 5.56 Å². The highest BCUT2D eigenvalue weighted by Crippen LogP contribution is 2.31. The number of esters is 1. The van der Waals surface area contributed by atoms with Crippen molar-refractivity contribution in [2.75, 3.05) is 7.11 Å². The monoisotopic (exact) mass is 245 g/mol. The standard InChI is InChI=1S/C10H9F2NO4/c1-10(11,12)6-3-4-7(9(14)17-2)8(5-6)13(15)16/h3-5H,1-2H3. The number of halogens is 2. The Kier molecular flexibility index (Phi) is 3.40. The highest BCUT2D eigenvalue weighted by molar-refractivity contribution is 5.93. The van der Waals surface area contributed by atoms with Crippen molar-refractivity contribution in [2.45, 2.75) is 12.8 Å². The summed E-state index contributed by atoms with van der Waals surface area (Å²) >= 11 is 0. The third kappa shape index (κ3) is 2.74. The molecule has 17 heavy (non-hydrogen) atoms. The van der Waals surface area contributed by atoms with Crippen LogP contribution in [0.5, 0.6) is 0 Å². The van der Waals surface area contributed by atoms with Crippen LogP contribution in [0.1, 0.15) is 22.8 Å². The normalized spacial score (nSPS) is 11.1. The van der Waals surface area contributed by atoms with Crippen LogP contribution < -0.4 is 0 Å². The molecule has 0 heterocycles. The predicted molar refractivity (Wildman–Crippen MR) is 54.0 cm³/mol. The van der Waals surface area contributed by atoms with Crippen molar-refractivity contribution in [3.8, 4) is 0 Å². The Labute approximate surface area is 95.2 Å². The quantitative estimate of drug-likeness (QED) is 0.466. The van der Waals surface area contributed by atoms with Crippen molar-refractivity contribution >= 4 is 11.7 Å². The van der Waals surface area contributed by atoms with Gasteiger partial charge < -0.3 is 4.74 Å². The number of benzene rings is 1. The molecule has 1 aromatic rings. The van der Waals surface area contributed by atoms with Gasteiger partial charge in [-0.2, -0.15) is 0 Å². The zero-order valence-electron chi connectivity index (χ0n) is 9.07. The summed E-state index contributed by atoms with van der Waals surface area (Å²) in [6, 6.07) is 2.59. The second-order valence-corrected chi connectivity index (χ2v) is 3.37. The van der Waals surface area contributed by atoms with Gasteiger partial charge >= 0.3 is 5.97 Å². The van der Waals surface area contributed by atoms with Gasteiger partial charge in [0.2, 0.25) is 0 Å². The van der Waals surface area contributed by atoms with Gasteiger partial charge in [0, 0.05) is 18.6 Å². The number of ether oxygens (including phenoxy) is 1. The second kappa shape index (κ2) is 4.44. The van der Waals surface area contributed by atoms with E-state index in [2.05, 4.69) is 4.74 Å². The number of alkyl halides is 2. The van der Waals surface area contributed by atoms with E-state index in [0.717, 1.165) is 19.2 Å². The van der Waals surface area contributed by atoms with Crippen LogP contribution in [0.2, 0.25) is 0 Å². The highest BCUT2D eigenvalue weighted by atomic mass is 19.3. The molecule has 7 heteroatoms. The molecular formula is C10H9F2NO4. The molecule has 1 rings (SSSR count). The summed E-state index contributed by atoms with van der Waals surface area (Å²) in [7, 11) is 1.05. The molecule has 1 aromatic carbocycles. The van der Waals surface area contributed by atoms with Crippen LogP contribution in [0.4, 0.5) is 14.5 Å². The first kappa shape index (κ1) is 13.0. The van der Waals surface area contributed by atoms with E-state index in [1.807, 2.05) is 0 Å². The van der Waals surface area contributed by atoms with Gasteiger partial charge in [0.1, 0.15) is 5.56 Å². The maximum atomic E-state index is 13.0. The lowest BCUT2D eigenvalue weighted by Crippen LogP contribution is -2.11. The van der Waals surface area contributed by atoms with E-state index in [1.54, 1.807) is 0 Å². The van der Waals surface area contributed by atoms with Crippen molar-refractivity contribution in [2.24, 2.45) is 0 Å². The number of nitrogens with zero attached hydrogens (tertiary/aromatic N) is 1. The van der Waals surface area contributed by atoms with Crippen LogP contribution >= 0.6 is 0 Å². The van der Waals surface area contributed by atoms with Crippen LogP contribution in [0, 0.1) is 10.1 Å². The number of carbonyl (C=O) groups excluding carboxylic acids is 1. The SMILES string of the molecule is COC(=O)c1ccc(C(C)(F)F)cc1[N+](=O)[O-]. The predicted octanol–water partition coefficient (Wildman–Crippen LogP) is 2.49. The molecule has 92 valence electrons. The Balaban J connectivity index is 3.37. The molecular weight excluding hydrogens is 236 g/mol. The zero-order valence-corrected chi connectivity index (χ0v) is 9.07. The van der Waals surface area contributed by atoms with Crippen LogP contribution in [-0.2, 0) is 10.7 Å². The number of rotatable bonds is 3. The van der Waals surface area contributed by atoms with E-state index < -0.39 is 28.1 Å². The summed E-state index contributed by atoms with van der Waals surface area (Å²) in [5.41, 5.74) is -1.58. The summed E-state index contributed by atoms with van der Waals surface area (Å²) in [4.78, 5) is 21.0. The molecule has 0 atom stereocenters. The molecule has 0 aliphatic heterocycles. The fraction of sp³-hybridized carbons (Fsp3) is 0.300. The molecule has 0 radical (unpaired) electrons. The number of hydrogen-bond acceptors (Lipinski definition) is 4. The van der Waals surface area contributed by atoms with Gasteiger partial charge in [-0.1, -0.05) is 6.07 Å². The Morgan fingerprint density at radius 1 is 1.47 bits per heavy atom. The minimum atomic E-state index is -3.21. The Hall–Kier alpha value is -2.05. The van der Waals surface area contributed by atoms with Gasteiger partial charge in [-0.05, 0) is 6.07 Å². The first-order chi connectivity index (χ1) is 7.77. The number of methoxy groups -OCH3 is 1. The highest BCUT2D eigenvalue weighted by Gasteiger charge is 2.29. The minimum Gasteiger partial charge on any atom is -0.465 e. The molecule has 0 bridgehead atoms. The van der Waals surface area contributed by atoms with E-state index in [0.29, 0.717) is 13.0 Å². The van der Waals surface area contributed by atoms with Crippen LogP contribution in [-0.4, -0.2) is 18.0 Å². The number of nitro benzene ring substituents is 1. The van der Waals surface area contributed by atoms with Gasteiger partial charge in [-0.3, -0.25) is 10.1 Å². The van der Waals surface area contributed by atoms with Crippen molar-refractivity contribution in [3.05, 3.63) is 39.4 Å². The number of carbonyl (C=O) groups is 1. The minimum absolute atomic E-state index is 0.356. The van der Waals surface area contributed by atoms with Crippen molar-refractivity contribution in [3.63, 3.8) is 0 Å². The Morgan fingerprint density at radius 3 is 2.47 bits per heavy atom. The number of hydrogen-bond donors (Lipinski definition) is 0. The van der Waals surface area contributed by atoms with Gasteiger partial charge in [0.25, 0.3) is 11.6 Å². The summed E-state index contributed by atoms with van der Waals surface area (Å²) in [6.07, 6.45) is 0.